The van der Waals surface area contributed by atoms with Crippen molar-refractivity contribution in [2.75, 3.05) is 33.4 Å². The third-order valence-electron chi connectivity index (χ3n) is 4.86. The summed E-state index contributed by atoms with van der Waals surface area (Å²) in [6.45, 7) is 2.92. The van der Waals surface area contributed by atoms with Crippen LogP contribution < -0.4 is 14.2 Å². The van der Waals surface area contributed by atoms with Crippen LogP contribution in [-0.2, 0) is 17.6 Å². The molecule has 7 nitrogen and oxygen atoms in total. The van der Waals surface area contributed by atoms with E-state index in [0.717, 1.165) is 24.2 Å². The summed E-state index contributed by atoms with van der Waals surface area (Å²) in [5, 5.41) is 8.81. The average molecular weight is 399 g/mol. The Hall–Kier alpha value is -3.22. The number of ether oxygens (including phenoxy) is 3. The van der Waals surface area contributed by atoms with E-state index in [0.29, 0.717) is 36.8 Å². The van der Waals surface area contributed by atoms with Crippen molar-refractivity contribution in [3.8, 4) is 17.2 Å². The van der Waals surface area contributed by atoms with E-state index in [1.165, 1.54) is 5.56 Å². The van der Waals surface area contributed by atoms with Gasteiger partial charge in [-0.15, -0.1) is 0 Å². The molecule has 0 aliphatic carbocycles. The van der Waals surface area contributed by atoms with Crippen LogP contribution in [0.5, 0.6) is 17.2 Å². The number of nitrogens with zero attached hydrogens (tertiary/aromatic N) is 1. The van der Waals surface area contributed by atoms with Crippen LogP contribution in [0.4, 0.5) is 0 Å². The van der Waals surface area contributed by atoms with Gasteiger partial charge in [-0.2, -0.15) is 0 Å². The van der Waals surface area contributed by atoms with Crippen LogP contribution in [0.15, 0.2) is 36.4 Å². The fraction of sp³-hybridized carbons (Fsp3) is 0.364. The molecule has 1 aliphatic rings. The second-order valence-corrected chi connectivity index (χ2v) is 6.67. The van der Waals surface area contributed by atoms with Crippen molar-refractivity contribution >= 4 is 11.9 Å². The highest BCUT2D eigenvalue weighted by Crippen LogP contribution is 2.30. The van der Waals surface area contributed by atoms with Crippen molar-refractivity contribution in [1.29, 1.82) is 0 Å². The van der Waals surface area contributed by atoms with E-state index in [1.54, 1.807) is 25.3 Å². The quantitative estimate of drug-likeness (QED) is 0.771. The first-order chi connectivity index (χ1) is 14.0. The first kappa shape index (κ1) is 20.5. The minimum atomic E-state index is -1.08. The van der Waals surface area contributed by atoms with E-state index in [4.69, 9.17) is 19.3 Å². The van der Waals surface area contributed by atoms with Crippen molar-refractivity contribution in [3.63, 3.8) is 0 Å². The summed E-state index contributed by atoms with van der Waals surface area (Å²) >= 11 is 0. The monoisotopic (exact) mass is 399 g/mol. The summed E-state index contributed by atoms with van der Waals surface area (Å²) in [5.41, 5.74) is 2.83. The zero-order chi connectivity index (χ0) is 20.8. The molecule has 0 saturated heterocycles. The number of fused-ring (bicyclic) bond motifs is 1. The molecule has 154 valence electrons. The van der Waals surface area contributed by atoms with Crippen LogP contribution in [-0.4, -0.2) is 55.3 Å². The molecule has 1 amide bonds. The number of aliphatic carboxylic acids is 1. The number of benzene rings is 2. The van der Waals surface area contributed by atoms with Crippen LogP contribution in [0.2, 0.25) is 0 Å². The van der Waals surface area contributed by atoms with Gasteiger partial charge in [-0.25, -0.2) is 4.79 Å². The number of carbonyl (C=O) groups is 2. The molecule has 1 heterocycles. The zero-order valence-corrected chi connectivity index (χ0v) is 16.6. The van der Waals surface area contributed by atoms with Crippen molar-refractivity contribution in [3.05, 3.63) is 53.1 Å². The molecule has 1 aliphatic heterocycles. The van der Waals surface area contributed by atoms with Crippen LogP contribution >= 0.6 is 0 Å². The fourth-order valence-corrected chi connectivity index (χ4v) is 3.49. The number of rotatable bonds is 7. The molecule has 29 heavy (non-hydrogen) atoms. The lowest BCUT2D eigenvalue weighted by Gasteiger charge is -2.21. The lowest BCUT2D eigenvalue weighted by Crippen LogP contribution is -2.33. The SMILES string of the molecule is CCOc1cc(C(=O)N2CCc3cccc(OC)c3CC2)ccc1OCC(=O)O. The summed E-state index contributed by atoms with van der Waals surface area (Å²) in [4.78, 5) is 25.7. The molecular formula is C22H25NO6. The zero-order valence-electron chi connectivity index (χ0n) is 16.6. The second-order valence-electron chi connectivity index (χ2n) is 6.67. The molecule has 0 aromatic heterocycles. The highest BCUT2D eigenvalue weighted by molar-refractivity contribution is 5.95. The fourth-order valence-electron chi connectivity index (χ4n) is 3.49. The average Bonchev–Trinajstić information content (AvgIpc) is 2.95. The first-order valence-corrected chi connectivity index (χ1v) is 9.59. The Balaban J connectivity index is 1.78. The van der Waals surface area contributed by atoms with Gasteiger partial charge in [0.25, 0.3) is 5.91 Å². The summed E-state index contributed by atoms with van der Waals surface area (Å²) in [5.74, 6) is 0.350. The maximum absolute atomic E-state index is 13.1. The van der Waals surface area contributed by atoms with Gasteiger partial charge in [0.05, 0.1) is 13.7 Å². The van der Waals surface area contributed by atoms with E-state index < -0.39 is 12.6 Å². The maximum atomic E-state index is 13.1. The van der Waals surface area contributed by atoms with Crippen LogP contribution in [0, 0.1) is 0 Å². The molecule has 2 aromatic carbocycles. The third-order valence-corrected chi connectivity index (χ3v) is 4.86. The molecule has 0 bridgehead atoms. The van der Waals surface area contributed by atoms with E-state index >= 15 is 0 Å². The van der Waals surface area contributed by atoms with Crippen LogP contribution in [0.3, 0.4) is 0 Å². The van der Waals surface area contributed by atoms with Crippen molar-refractivity contribution in [1.82, 2.24) is 4.90 Å². The number of carbonyl (C=O) groups excluding carboxylic acids is 1. The Morgan fingerprint density at radius 3 is 2.55 bits per heavy atom. The van der Waals surface area contributed by atoms with E-state index in [9.17, 15) is 9.59 Å². The van der Waals surface area contributed by atoms with Gasteiger partial charge in [0.2, 0.25) is 0 Å². The van der Waals surface area contributed by atoms with Gasteiger partial charge < -0.3 is 24.2 Å². The van der Waals surface area contributed by atoms with Gasteiger partial charge >= 0.3 is 5.97 Å². The van der Waals surface area contributed by atoms with E-state index in [1.807, 2.05) is 24.0 Å². The largest absolute Gasteiger partial charge is 0.496 e. The van der Waals surface area contributed by atoms with Crippen LogP contribution in [0.25, 0.3) is 0 Å². The Morgan fingerprint density at radius 1 is 1.03 bits per heavy atom. The predicted octanol–water partition coefficient (Wildman–Crippen LogP) is 2.80. The highest BCUT2D eigenvalue weighted by atomic mass is 16.5. The number of carboxylic acid groups (broad SMARTS) is 1. The van der Waals surface area contributed by atoms with Gasteiger partial charge in [0.15, 0.2) is 18.1 Å². The highest BCUT2D eigenvalue weighted by Gasteiger charge is 2.22. The lowest BCUT2D eigenvalue weighted by atomic mass is 10.0. The van der Waals surface area contributed by atoms with Crippen LogP contribution in [0.1, 0.15) is 28.4 Å². The number of carboxylic acids is 1. The van der Waals surface area contributed by atoms with Gasteiger partial charge in [-0.1, -0.05) is 12.1 Å². The molecule has 0 saturated carbocycles. The van der Waals surface area contributed by atoms with Gasteiger partial charge in [-0.3, -0.25) is 4.79 Å². The van der Waals surface area contributed by atoms with Crippen molar-refractivity contribution in [2.45, 2.75) is 19.8 Å². The normalized spacial score (nSPS) is 13.2. The molecular weight excluding hydrogens is 374 g/mol. The number of amides is 1. The van der Waals surface area contributed by atoms with E-state index in [2.05, 4.69) is 6.07 Å². The maximum Gasteiger partial charge on any atom is 0.341 e. The topological polar surface area (TPSA) is 85.3 Å². The third kappa shape index (κ3) is 4.80. The Kier molecular flexibility index (Phi) is 6.59. The Morgan fingerprint density at radius 2 is 1.83 bits per heavy atom. The van der Waals surface area contributed by atoms with Crippen molar-refractivity contribution < 1.29 is 28.9 Å². The lowest BCUT2D eigenvalue weighted by molar-refractivity contribution is -0.139. The second kappa shape index (κ2) is 9.32. The summed E-state index contributed by atoms with van der Waals surface area (Å²) in [6.07, 6.45) is 1.49. The minimum Gasteiger partial charge on any atom is -0.496 e. The molecule has 0 fully saturated rings. The minimum absolute atomic E-state index is 0.0949. The summed E-state index contributed by atoms with van der Waals surface area (Å²) < 4.78 is 16.3. The van der Waals surface area contributed by atoms with Gasteiger partial charge in [-0.05, 0) is 55.2 Å². The van der Waals surface area contributed by atoms with Crippen molar-refractivity contribution in [2.24, 2.45) is 0 Å². The summed E-state index contributed by atoms with van der Waals surface area (Å²) in [7, 11) is 1.66. The van der Waals surface area contributed by atoms with Gasteiger partial charge in [0, 0.05) is 18.7 Å². The summed E-state index contributed by atoms with van der Waals surface area (Å²) in [6, 6.07) is 10.8. The molecule has 0 unspecified atom stereocenters. The molecule has 2 aromatic rings. The van der Waals surface area contributed by atoms with Gasteiger partial charge in [0.1, 0.15) is 5.75 Å². The molecule has 3 rings (SSSR count). The molecule has 0 spiro atoms. The Bertz CT molecular complexity index is 895. The molecule has 0 atom stereocenters. The van der Waals surface area contributed by atoms with E-state index in [-0.39, 0.29) is 5.91 Å². The smallest absolute Gasteiger partial charge is 0.341 e. The number of hydrogen-bond donors (Lipinski definition) is 1. The molecule has 1 N–H and O–H groups in total. The number of methoxy groups -OCH3 is 1. The number of hydrogen-bond acceptors (Lipinski definition) is 5. The standard InChI is InChI=1S/C22H25NO6/c1-3-28-20-13-16(7-8-19(20)29-14-21(24)25)22(26)23-11-9-15-5-4-6-18(27-2)17(15)10-12-23/h4-8,13H,3,9-12,14H2,1-2H3,(H,24,25). The Labute approximate surface area is 169 Å². The first-order valence-electron chi connectivity index (χ1n) is 9.59. The molecule has 7 heteroatoms. The predicted molar refractivity (Wildman–Crippen MR) is 107 cm³/mol. The molecule has 0 radical (unpaired) electrons.